The van der Waals surface area contributed by atoms with Crippen molar-refractivity contribution in [3.63, 3.8) is 0 Å². The number of hydrogen-bond donors (Lipinski definition) is 2. The van der Waals surface area contributed by atoms with Crippen LogP contribution in [0, 0.1) is 0 Å². The summed E-state index contributed by atoms with van der Waals surface area (Å²) in [5, 5.41) is 9.95. The SMILES string of the molecule is C.CCC[CH2][Sn]([CH2]CCC)([CH2]CCC)[c]1ncco1.NS(=O)(=O)c1ccc(-c2ncco2)nc1.NS(=O)(=O)c1ccc(Cl)nc1. The summed E-state index contributed by atoms with van der Waals surface area (Å²) in [5.41, 5.74) is 0.451. The van der Waals surface area contributed by atoms with Crippen molar-refractivity contribution < 1.29 is 25.7 Å². The van der Waals surface area contributed by atoms with Gasteiger partial charge in [-0.25, -0.2) is 42.1 Å². The van der Waals surface area contributed by atoms with Crippen molar-refractivity contribution in [3.8, 4) is 11.6 Å². The molecule has 250 valence electrons. The topological polar surface area (TPSA) is 198 Å². The van der Waals surface area contributed by atoms with Crippen molar-refractivity contribution in [2.75, 3.05) is 0 Å². The minimum absolute atomic E-state index is 0. The molecule has 4 rings (SSSR count). The molecular formula is C29H45ClN6O6S2Sn. The van der Waals surface area contributed by atoms with E-state index in [1.165, 1.54) is 92.5 Å². The third-order valence-electron chi connectivity index (χ3n) is 6.66. The first-order valence-corrected chi connectivity index (χ1v) is 25.2. The quantitative estimate of drug-likeness (QED) is 0.117. The Morgan fingerprint density at radius 2 is 1.20 bits per heavy atom. The largest absolute Gasteiger partial charge is 0.443 e. The number of hydrogen-bond acceptors (Lipinski definition) is 10. The third-order valence-corrected chi connectivity index (χ3v) is 23.2. The Morgan fingerprint density at radius 3 is 1.56 bits per heavy atom. The van der Waals surface area contributed by atoms with E-state index in [1.54, 1.807) is 6.26 Å². The molecular weight excluding hydrogens is 747 g/mol. The molecule has 4 N–H and O–H groups in total. The number of aromatic nitrogens is 4. The Morgan fingerprint density at radius 1 is 0.711 bits per heavy atom. The van der Waals surface area contributed by atoms with Crippen molar-refractivity contribution in [1.82, 2.24) is 19.9 Å². The number of rotatable bonds is 13. The Labute approximate surface area is 276 Å². The maximum atomic E-state index is 10.9. The fourth-order valence-electron chi connectivity index (χ4n) is 4.28. The smallest absolute Gasteiger partial charge is 0.244 e. The van der Waals surface area contributed by atoms with E-state index in [9.17, 15) is 16.8 Å². The second kappa shape index (κ2) is 20.0. The van der Waals surface area contributed by atoms with Crippen LogP contribution in [-0.2, 0) is 20.0 Å². The number of pyridine rings is 2. The molecule has 4 aromatic heterocycles. The molecule has 0 radical (unpaired) electrons. The summed E-state index contributed by atoms with van der Waals surface area (Å²) in [5.74, 6) is 0.330. The summed E-state index contributed by atoms with van der Waals surface area (Å²) >= 11 is 3.10. The maximum Gasteiger partial charge on any atom is 0.244 e. The van der Waals surface area contributed by atoms with Gasteiger partial charge in [0, 0.05) is 12.4 Å². The van der Waals surface area contributed by atoms with E-state index in [2.05, 4.69) is 40.7 Å². The van der Waals surface area contributed by atoms with Gasteiger partial charge in [0.2, 0.25) is 25.9 Å². The zero-order valence-corrected chi connectivity index (χ0v) is 30.5. The van der Waals surface area contributed by atoms with Crippen LogP contribution in [0.25, 0.3) is 11.6 Å². The van der Waals surface area contributed by atoms with Gasteiger partial charge in [-0.15, -0.1) is 0 Å². The molecule has 0 aliphatic carbocycles. The van der Waals surface area contributed by atoms with Crippen molar-refractivity contribution in [1.29, 1.82) is 0 Å². The molecule has 0 amide bonds. The number of halogens is 1. The molecule has 0 atom stereocenters. The maximum absolute atomic E-state index is 10.9. The zero-order chi connectivity index (χ0) is 32.6. The van der Waals surface area contributed by atoms with E-state index in [0.29, 0.717) is 11.6 Å². The number of nitrogens with zero attached hydrogens (tertiary/aromatic N) is 4. The average Bonchev–Trinajstić information content (AvgIpc) is 3.73. The van der Waals surface area contributed by atoms with Gasteiger partial charge in [0.25, 0.3) is 0 Å². The van der Waals surface area contributed by atoms with Gasteiger partial charge < -0.3 is 4.42 Å². The Hall–Kier alpha value is -2.37. The summed E-state index contributed by atoms with van der Waals surface area (Å²) in [7, 11) is -7.34. The van der Waals surface area contributed by atoms with Crippen molar-refractivity contribution in [2.45, 2.75) is 89.8 Å². The summed E-state index contributed by atoms with van der Waals surface area (Å²) in [4.78, 5) is 15.8. The summed E-state index contributed by atoms with van der Waals surface area (Å²) in [6.45, 7) is 6.89. The predicted molar refractivity (Wildman–Crippen MR) is 179 cm³/mol. The number of unbranched alkanes of at least 4 members (excludes halogenated alkanes) is 3. The first kappa shape index (κ1) is 40.7. The van der Waals surface area contributed by atoms with Crippen LogP contribution < -0.4 is 14.2 Å². The van der Waals surface area contributed by atoms with E-state index >= 15 is 0 Å². The van der Waals surface area contributed by atoms with Gasteiger partial charge in [0.1, 0.15) is 26.9 Å². The van der Waals surface area contributed by atoms with Gasteiger partial charge in [-0.3, -0.25) is 0 Å². The molecule has 4 aromatic rings. The molecule has 0 saturated heterocycles. The number of oxazole rings is 2. The monoisotopic (exact) mass is 792 g/mol. The van der Waals surface area contributed by atoms with Crippen LogP contribution in [0.5, 0.6) is 0 Å². The fraction of sp³-hybridized carbons (Fsp3) is 0.448. The molecule has 0 aromatic carbocycles. The van der Waals surface area contributed by atoms with E-state index < -0.39 is 38.4 Å². The Kier molecular flexibility index (Phi) is 18.1. The van der Waals surface area contributed by atoms with Crippen LogP contribution in [0.3, 0.4) is 0 Å². The average molecular weight is 792 g/mol. The zero-order valence-electron chi connectivity index (χ0n) is 25.2. The van der Waals surface area contributed by atoms with Gasteiger partial charge in [0.15, 0.2) is 0 Å². The molecule has 0 aliphatic heterocycles. The minimum Gasteiger partial charge on any atom is -0.443 e. The number of primary sulfonamides is 2. The molecule has 0 bridgehead atoms. The van der Waals surface area contributed by atoms with Crippen LogP contribution >= 0.6 is 11.6 Å². The van der Waals surface area contributed by atoms with Crippen LogP contribution in [0.15, 0.2) is 80.2 Å². The fourth-order valence-corrected chi connectivity index (χ4v) is 20.0. The van der Waals surface area contributed by atoms with Gasteiger partial charge in [-0.05, 0) is 24.3 Å². The summed E-state index contributed by atoms with van der Waals surface area (Å²) < 4.78 is 59.4. The predicted octanol–water partition coefficient (Wildman–Crippen LogP) is 6.13. The second-order valence-electron chi connectivity index (χ2n) is 10.1. The molecule has 0 aliphatic rings. The molecule has 45 heavy (non-hydrogen) atoms. The number of sulfonamides is 2. The van der Waals surface area contributed by atoms with E-state index in [4.69, 9.17) is 30.7 Å². The van der Waals surface area contributed by atoms with E-state index in [1.807, 2.05) is 6.20 Å². The summed E-state index contributed by atoms with van der Waals surface area (Å²) in [6.07, 6.45) is 16.8. The van der Waals surface area contributed by atoms with Crippen LogP contribution in [0.1, 0.15) is 66.7 Å². The van der Waals surface area contributed by atoms with Crippen LogP contribution in [0.2, 0.25) is 18.5 Å². The van der Waals surface area contributed by atoms with E-state index in [0.717, 1.165) is 12.4 Å². The number of nitrogens with two attached hydrogens (primary N) is 2. The molecule has 0 spiro atoms. The van der Waals surface area contributed by atoms with Crippen LogP contribution in [0.4, 0.5) is 0 Å². The molecule has 4 heterocycles. The molecule has 16 heteroatoms. The van der Waals surface area contributed by atoms with Crippen LogP contribution in [-0.4, -0.2) is 55.1 Å². The molecule has 0 unspecified atom stereocenters. The third kappa shape index (κ3) is 13.9. The minimum atomic E-state index is -3.70. The normalized spacial score (nSPS) is 11.4. The van der Waals surface area contributed by atoms with Gasteiger partial charge >= 0.3 is 117 Å². The van der Waals surface area contributed by atoms with Crippen molar-refractivity contribution in [3.05, 3.63) is 66.7 Å². The van der Waals surface area contributed by atoms with Crippen molar-refractivity contribution in [2.24, 2.45) is 10.3 Å². The molecule has 12 nitrogen and oxygen atoms in total. The van der Waals surface area contributed by atoms with Gasteiger partial charge in [-0.1, -0.05) is 19.0 Å². The van der Waals surface area contributed by atoms with Gasteiger partial charge in [-0.2, -0.15) is 0 Å². The first-order chi connectivity index (χ1) is 20.9. The Bertz CT molecular complexity index is 1550. The Balaban J connectivity index is 0.000000343. The molecule has 0 fully saturated rings. The second-order valence-corrected chi connectivity index (χ2v) is 26.4. The first-order valence-electron chi connectivity index (χ1n) is 14.3. The van der Waals surface area contributed by atoms with Gasteiger partial charge in [0.05, 0.1) is 6.20 Å². The van der Waals surface area contributed by atoms with Crippen molar-refractivity contribution >= 4 is 53.9 Å². The standard InChI is InChI=1S/C8H7N3O3S.C5H5ClN2O2S.3C4H9.C3H2NO.CH4.Sn/c9-15(12,13)6-1-2-7(11-5-6)8-10-3-4-14-8;6-5-2-1-4(3-8-5)11(7,9)10;3*1-3-4-2;1-2-5-3-4-1;;/h1-5H,(H2,9,12,13);1-3H,(H2,7,9,10);3*1,3-4H2,2H3;1-2H;1H4;. The molecule has 0 saturated carbocycles. The summed E-state index contributed by atoms with van der Waals surface area (Å²) in [6, 6.07) is 5.49. The van der Waals surface area contributed by atoms with E-state index in [-0.39, 0.29) is 22.4 Å².